The van der Waals surface area contributed by atoms with Crippen molar-refractivity contribution in [3.63, 3.8) is 0 Å². The summed E-state index contributed by atoms with van der Waals surface area (Å²) in [7, 11) is 0. The molecule has 2 atom stereocenters. The molecule has 0 rings (SSSR count). The SMILES string of the molecule is CC/C=C(\C)C(O)CCC(C)CC. The second-order valence-electron chi connectivity index (χ2n) is 3.96. The second kappa shape index (κ2) is 7.14. The van der Waals surface area contributed by atoms with Gasteiger partial charge in [-0.3, -0.25) is 0 Å². The molecule has 1 nitrogen and oxygen atoms in total. The highest BCUT2D eigenvalue weighted by atomic mass is 16.3. The van der Waals surface area contributed by atoms with Gasteiger partial charge in [0.2, 0.25) is 0 Å². The van der Waals surface area contributed by atoms with E-state index in [4.69, 9.17) is 0 Å². The molecule has 0 spiro atoms. The summed E-state index contributed by atoms with van der Waals surface area (Å²) < 4.78 is 0. The van der Waals surface area contributed by atoms with Gasteiger partial charge in [-0.15, -0.1) is 0 Å². The number of aliphatic hydroxyl groups is 1. The molecule has 0 saturated carbocycles. The van der Waals surface area contributed by atoms with E-state index in [9.17, 15) is 5.11 Å². The van der Waals surface area contributed by atoms with Gasteiger partial charge < -0.3 is 5.11 Å². The third-order valence-electron chi connectivity index (χ3n) is 2.68. The first-order valence-electron chi connectivity index (χ1n) is 5.46. The van der Waals surface area contributed by atoms with E-state index in [0.29, 0.717) is 0 Å². The molecule has 0 amide bonds. The predicted molar refractivity (Wildman–Crippen MR) is 58.7 cm³/mol. The first kappa shape index (κ1) is 12.7. The Morgan fingerprint density at radius 3 is 2.38 bits per heavy atom. The Labute approximate surface area is 82.9 Å². The molecular formula is C12H24O. The van der Waals surface area contributed by atoms with Crippen molar-refractivity contribution < 1.29 is 5.11 Å². The monoisotopic (exact) mass is 184 g/mol. The van der Waals surface area contributed by atoms with Gasteiger partial charge in [0.15, 0.2) is 0 Å². The molecule has 0 bridgehead atoms. The van der Waals surface area contributed by atoms with Crippen LogP contribution in [0.3, 0.4) is 0 Å². The maximum Gasteiger partial charge on any atom is 0.0747 e. The first-order chi connectivity index (χ1) is 6.11. The van der Waals surface area contributed by atoms with E-state index in [2.05, 4.69) is 26.8 Å². The Kier molecular flexibility index (Phi) is 6.97. The van der Waals surface area contributed by atoms with E-state index in [1.54, 1.807) is 0 Å². The van der Waals surface area contributed by atoms with Crippen LogP contribution >= 0.6 is 0 Å². The summed E-state index contributed by atoms with van der Waals surface area (Å²) in [6.07, 6.45) is 6.18. The van der Waals surface area contributed by atoms with Crippen LogP contribution in [0.5, 0.6) is 0 Å². The predicted octanol–water partition coefficient (Wildman–Crippen LogP) is 3.53. The third-order valence-corrected chi connectivity index (χ3v) is 2.68. The molecule has 0 heterocycles. The van der Waals surface area contributed by atoms with E-state index < -0.39 is 0 Å². The van der Waals surface area contributed by atoms with E-state index >= 15 is 0 Å². The van der Waals surface area contributed by atoms with E-state index in [-0.39, 0.29) is 6.10 Å². The van der Waals surface area contributed by atoms with Crippen molar-refractivity contribution in [2.75, 3.05) is 0 Å². The lowest BCUT2D eigenvalue weighted by molar-refractivity contribution is 0.189. The fraction of sp³-hybridized carbons (Fsp3) is 0.833. The van der Waals surface area contributed by atoms with Crippen molar-refractivity contribution >= 4 is 0 Å². The highest BCUT2D eigenvalue weighted by Gasteiger charge is 2.07. The smallest absolute Gasteiger partial charge is 0.0747 e. The molecule has 1 N–H and O–H groups in total. The van der Waals surface area contributed by atoms with Crippen molar-refractivity contribution in [1.82, 2.24) is 0 Å². The Hall–Kier alpha value is -0.300. The maximum absolute atomic E-state index is 9.72. The van der Waals surface area contributed by atoms with Crippen LogP contribution in [0.4, 0.5) is 0 Å². The highest BCUT2D eigenvalue weighted by Crippen LogP contribution is 2.15. The molecular weight excluding hydrogens is 160 g/mol. The summed E-state index contributed by atoms with van der Waals surface area (Å²) >= 11 is 0. The Balaban J connectivity index is 3.73. The zero-order valence-corrected chi connectivity index (χ0v) is 9.51. The molecule has 1 heteroatoms. The van der Waals surface area contributed by atoms with Gasteiger partial charge >= 0.3 is 0 Å². The summed E-state index contributed by atoms with van der Waals surface area (Å²) in [5.74, 6) is 0.740. The van der Waals surface area contributed by atoms with Crippen molar-refractivity contribution in [2.24, 2.45) is 5.92 Å². The van der Waals surface area contributed by atoms with E-state index in [1.165, 1.54) is 6.42 Å². The van der Waals surface area contributed by atoms with Gasteiger partial charge in [-0.25, -0.2) is 0 Å². The molecule has 0 aliphatic heterocycles. The van der Waals surface area contributed by atoms with E-state index in [0.717, 1.165) is 30.8 Å². The van der Waals surface area contributed by atoms with Crippen LogP contribution in [0.25, 0.3) is 0 Å². The number of rotatable bonds is 6. The maximum atomic E-state index is 9.72. The normalized spacial score (nSPS) is 17.2. The molecule has 13 heavy (non-hydrogen) atoms. The van der Waals surface area contributed by atoms with Crippen LogP contribution in [-0.4, -0.2) is 11.2 Å². The van der Waals surface area contributed by atoms with Crippen molar-refractivity contribution in [2.45, 2.75) is 59.5 Å². The van der Waals surface area contributed by atoms with Crippen LogP contribution in [0.2, 0.25) is 0 Å². The Morgan fingerprint density at radius 1 is 1.31 bits per heavy atom. The lowest BCUT2D eigenvalue weighted by Gasteiger charge is -2.14. The summed E-state index contributed by atoms with van der Waals surface area (Å²) in [4.78, 5) is 0. The highest BCUT2D eigenvalue weighted by molar-refractivity contribution is 5.03. The molecule has 0 fully saturated rings. The summed E-state index contributed by atoms with van der Waals surface area (Å²) in [5, 5.41) is 9.72. The van der Waals surface area contributed by atoms with Crippen molar-refractivity contribution in [1.29, 1.82) is 0 Å². The van der Waals surface area contributed by atoms with Gasteiger partial charge in [-0.05, 0) is 37.7 Å². The molecule has 2 unspecified atom stereocenters. The van der Waals surface area contributed by atoms with Gasteiger partial charge in [-0.2, -0.15) is 0 Å². The molecule has 0 aliphatic rings. The van der Waals surface area contributed by atoms with Gasteiger partial charge in [0.05, 0.1) is 6.10 Å². The number of allylic oxidation sites excluding steroid dienone is 1. The molecule has 0 aliphatic carbocycles. The zero-order chi connectivity index (χ0) is 10.3. The number of hydrogen-bond acceptors (Lipinski definition) is 1. The lowest BCUT2D eigenvalue weighted by Crippen LogP contribution is -2.09. The van der Waals surface area contributed by atoms with E-state index in [1.807, 2.05) is 6.92 Å². The fourth-order valence-corrected chi connectivity index (χ4v) is 1.33. The van der Waals surface area contributed by atoms with Crippen LogP contribution in [-0.2, 0) is 0 Å². The van der Waals surface area contributed by atoms with Gasteiger partial charge in [0.1, 0.15) is 0 Å². The minimum absolute atomic E-state index is 0.214. The van der Waals surface area contributed by atoms with Gasteiger partial charge in [0, 0.05) is 0 Å². The van der Waals surface area contributed by atoms with Gasteiger partial charge in [0.25, 0.3) is 0 Å². The van der Waals surface area contributed by atoms with Crippen molar-refractivity contribution in [3.05, 3.63) is 11.6 Å². The van der Waals surface area contributed by atoms with Crippen LogP contribution in [0.15, 0.2) is 11.6 Å². The third kappa shape index (κ3) is 5.87. The molecule has 78 valence electrons. The molecule has 0 aromatic rings. The van der Waals surface area contributed by atoms with Gasteiger partial charge in [-0.1, -0.05) is 33.3 Å². The van der Waals surface area contributed by atoms with Crippen LogP contribution in [0.1, 0.15) is 53.4 Å². The summed E-state index contributed by atoms with van der Waals surface area (Å²) in [6, 6.07) is 0. The van der Waals surface area contributed by atoms with Crippen LogP contribution in [0, 0.1) is 5.92 Å². The molecule has 0 aromatic carbocycles. The van der Waals surface area contributed by atoms with Crippen molar-refractivity contribution in [3.8, 4) is 0 Å². The average Bonchev–Trinajstić information content (AvgIpc) is 2.13. The summed E-state index contributed by atoms with van der Waals surface area (Å²) in [5.41, 5.74) is 1.13. The largest absolute Gasteiger partial charge is 0.389 e. The Bertz CT molecular complexity index is 149. The number of hydrogen-bond donors (Lipinski definition) is 1. The minimum Gasteiger partial charge on any atom is -0.389 e. The average molecular weight is 184 g/mol. The van der Waals surface area contributed by atoms with Crippen LogP contribution < -0.4 is 0 Å². The summed E-state index contributed by atoms with van der Waals surface area (Å²) in [6.45, 7) is 8.56. The fourth-order valence-electron chi connectivity index (χ4n) is 1.33. The Morgan fingerprint density at radius 2 is 1.92 bits per heavy atom. The molecule has 0 radical (unpaired) electrons. The first-order valence-corrected chi connectivity index (χ1v) is 5.46. The second-order valence-corrected chi connectivity index (χ2v) is 3.96. The lowest BCUT2D eigenvalue weighted by atomic mass is 9.97. The minimum atomic E-state index is -0.214. The zero-order valence-electron chi connectivity index (χ0n) is 9.51. The topological polar surface area (TPSA) is 20.2 Å². The molecule has 0 aromatic heterocycles. The number of aliphatic hydroxyl groups excluding tert-OH is 1. The molecule has 0 saturated heterocycles. The standard InChI is InChI=1S/C12H24O/c1-5-7-11(4)12(13)9-8-10(3)6-2/h7,10,12-13H,5-6,8-9H2,1-4H3/b11-7+. The quantitative estimate of drug-likeness (QED) is 0.626.